The number of hydrogen-bond donors (Lipinski definition) is 2. The molecule has 1 aromatic heterocycles. The molecule has 0 aromatic carbocycles. The Morgan fingerprint density at radius 2 is 2.40 bits per heavy atom. The van der Waals surface area contributed by atoms with Crippen molar-refractivity contribution in [2.45, 2.75) is 13.5 Å². The van der Waals surface area contributed by atoms with E-state index in [9.17, 15) is 4.79 Å². The quantitative estimate of drug-likeness (QED) is 0.713. The van der Waals surface area contributed by atoms with Crippen LogP contribution in [-0.4, -0.2) is 29.1 Å². The molecule has 1 amide bonds. The Morgan fingerprint density at radius 1 is 1.67 bits per heavy atom. The fraction of sp³-hybridized carbons (Fsp3) is 0.600. The molecule has 1 aromatic rings. The van der Waals surface area contributed by atoms with Gasteiger partial charge < -0.3 is 15.2 Å². The molecule has 0 aliphatic carbocycles. The van der Waals surface area contributed by atoms with E-state index in [-0.39, 0.29) is 11.8 Å². The number of nitrogens with zero attached hydrogens (tertiary/aromatic N) is 2. The SMILES string of the molecule is CNCC(C)C(=O)NCc1nccn1C. The van der Waals surface area contributed by atoms with Gasteiger partial charge in [-0.05, 0) is 7.05 Å². The average molecular weight is 210 g/mol. The van der Waals surface area contributed by atoms with Crippen molar-refractivity contribution in [2.75, 3.05) is 13.6 Å². The maximum atomic E-state index is 11.6. The van der Waals surface area contributed by atoms with Gasteiger partial charge in [0.15, 0.2) is 0 Å². The number of aromatic nitrogens is 2. The lowest BCUT2D eigenvalue weighted by Crippen LogP contribution is -2.34. The third kappa shape index (κ3) is 3.36. The van der Waals surface area contributed by atoms with Gasteiger partial charge in [-0.2, -0.15) is 0 Å². The zero-order valence-electron chi connectivity index (χ0n) is 9.45. The van der Waals surface area contributed by atoms with E-state index >= 15 is 0 Å². The van der Waals surface area contributed by atoms with Crippen LogP contribution >= 0.6 is 0 Å². The second-order valence-corrected chi connectivity index (χ2v) is 3.63. The molecule has 1 rings (SSSR count). The summed E-state index contributed by atoms with van der Waals surface area (Å²) in [5, 5.41) is 5.82. The highest BCUT2D eigenvalue weighted by Gasteiger charge is 2.11. The minimum absolute atomic E-state index is 0.0183. The maximum absolute atomic E-state index is 11.6. The molecule has 84 valence electrons. The zero-order valence-corrected chi connectivity index (χ0v) is 9.45. The van der Waals surface area contributed by atoms with Crippen LogP contribution in [-0.2, 0) is 18.4 Å². The van der Waals surface area contributed by atoms with E-state index in [1.165, 1.54) is 0 Å². The van der Waals surface area contributed by atoms with Crippen LogP contribution in [0, 0.1) is 5.92 Å². The topological polar surface area (TPSA) is 59.0 Å². The predicted molar refractivity (Wildman–Crippen MR) is 58.1 cm³/mol. The third-order valence-corrected chi connectivity index (χ3v) is 2.30. The smallest absolute Gasteiger partial charge is 0.224 e. The summed E-state index contributed by atoms with van der Waals surface area (Å²) in [4.78, 5) is 15.7. The Labute approximate surface area is 89.9 Å². The molecule has 0 aliphatic heterocycles. The second-order valence-electron chi connectivity index (χ2n) is 3.63. The van der Waals surface area contributed by atoms with E-state index in [1.54, 1.807) is 6.20 Å². The molecular formula is C10H18N4O. The van der Waals surface area contributed by atoms with Gasteiger partial charge in [-0.25, -0.2) is 4.98 Å². The molecule has 5 heteroatoms. The van der Waals surface area contributed by atoms with Crippen molar-refractivity contribution >= 4 is 5.91 Å². The summed E-state index contributed by atoms with van der Waals surface area (Å²) in [6.45, 7) is 3.06. The maximum Gasteiger partial charge on any atom is 0.224 e. The summed E-state index contributed by atoms with van der Waals surface area (Å²) in [6.07, 6.45) is 3.58. The largest absolute Gasteiger partial charge is 0.349 e. The van der Waals surface area contributed by atoms with Crippen LogP contribution in [0.15, 0.2) is 12.4 Å². The standard InChI is InChI=1S/C10H18N4O/c1-8(6-11-2)10(15)13-7-9-12-4-5-14(9)3/h4-5,8,11H,6-7H2,1-3H3,(H,13,15). The van der Waals surface area contributed by atoms with Gasteiger partial charge in [0.25, 0.3) is 0 Å². The summed E-state index contributed by atoms with van der Waals surface area (Å²) in [5.41, 5.74) is 0. The normalized spacial score (nSPS) is 12.5. The number of hydrogen-bond acceptors (Lipinski definition) is 3. The Bertz CT molecular complexity index is 321. The molecule has 1 heterocycles. The number of nitrogens with one attached hydrogen (secondary N) is 2. The van der Waals surface area contributed by atoms with E-state index in [0.29, 0.717) is 13.1 Å². The van der Waals surface area contributed by atoms with Crippen molar-refractivity contribution in [1.82, 2.24) is 20.2 Å². The highest BCUT2D eigenvalue weighted by Crippen LogP contribution is 1.96. The first-order valence-electron chi connectivity index (χ1n) is 5.03. The fourth-order valence-electron chi connectivity index (χ4n) is 1.31. The van der Waals surface area contributed by atoms with E-state index < -0.39 is 0 Å². The first-order valence-corrected chi connectivity index (χ1v) is 5.03. The van der Waals surface area contributed by atoms with Gasteiger partial charge in [-0.1, -0.05) is 6.92 Å². The average Bonchev–Trinajstić information content (AvgIpc) is 2.61. The van der Waals surface area contributed by atoms with Gasteiger partial charge in [-0.3, -0.25) is 4.79 Å². The molecule has 0 fully saturated rings. The van der Waals surface area contributed by atoms with Crippen LogP contribution in [0.25, 0.3) is 0 Å². The summed E-state index contributed by atoms with van der Waals surface area (Å²) in [6, 6.07) is 0. The lowest BCUT2D eigenvalue weighted by molar-refractivity contribution is -0.124. The molecule has 0 radical (unpaired) electrons. The minimum atomic E-state index is -0.0183. The Balaban J connectivity index is 2.37. The van der Waals surface area contributed by atoms with Crippen LogP contribution in [0.5, 0.6) is 0 Å². The lowest BCUT2D eigenvalue weighted by Gasteiger charge is -2.11. The minimum Gasteiger partial charge on any atom is -0.349 e. The number of aryl methyl sites for hydroxylation is 1. The molecule has 0 saturated heterocycles. The molecule has 1 atom stereocenters. The van der Waals surface area contributed by atoms with Crippen molar-refractivity contribution < 1.29 is 4.79 Å². The molecule has 0 bridgehead atoms. The molecule has 0 spiro atoms. The van der Waals surface area contributed by atoms with E-state index in [2.05, 4.69) is 15.6 Å². The number of carbonyl (C=O) groups is 1. The first-order chi connectivity index (χ1) is 7.15. The number of rotatable bonds is 5. The van der Waals surface area contributed by atoms with Crippen molar-refractivity contribution in [3.63, 3.8) is 0 Å². The summed E-state index contributed by atoms with van der Waals surface area (Å²) in [7, 11) is 3.74. The molecular weight excluding hydrogens is 192 g/mol. The van der Waals surface area contributed by atoms with Crippen LogP contribution in [0.3, 0.4) is 0 Å². The Kier molecular flexibility index (Phi) is 4.30. The van der Waals surface area contributed by atoms with Crippen LogP contribution in [0.4, 0.5) is 0 Å². The monoisotopic (exact) mass is 210 g/mol. The highest BCUT2D eigenvalue weighted by atomic mass is 16.1. The van der Waals surface area contributed by atoms with E-state index in [0.717, 1.165) is 5.82 Å². The Morgan fingerprint density at radius 3 is 2.93 bits per heavy atom. The van der Waals surface area contributed by atoms with Crippen molar-refractivity contribution in [1.29, 1.82) is 0 Å². The van der Waals surface area contributed by atoms with E-state index in [1.807, 2.05) is 31.8 Å². The highest BCUT2D eigenvalue weighted by molar-refractivity contribution is 5.78. The fourth-order valence-corrected chi connectivity index (χ4v) is 1.31. The van der Waals surface area contributed by atoms with Gasteiger partial charge in [0.05, 0.1) is 6.54 Å². The number of imidazole rings is 1. The van der Waals surface area contributed by atoms with Crippen molar-refractivity contribution in [3.8, 4) is 0 Å². The number of carbonyl (C=O) groups excluding carboxylic acids is 1. The molecule has 2 N–H and O–H groups in total. The van der Waals surface area contributed by atoms with Crippen LogP contribution in [0.2, 0.25) is 0 Å². The van der Waals surface area contributed by atoms with Crippen LogP contribution < -0.4 is 10.6 Å². The van der Waals surface area contributed by atoms with E-state index in [4.69, 9.17) is 0 Å². The Hall–Kier alpha value is -1.36. The summed E-state index contributed by atoms with van der Waals surface area (Å²) >= 11 is 0. The van der Waals surface area contributed by atoms with Crippen molar-refractivity contribution in [2.24, 2.45) is 13.0 Å². The van der Waals surface area contributed by atoms with Gasteiger partial charge in [-0.15, -0.1) is 0 Å². The van der Waals surface area contributed by atoms with Gasteiger partial charge in [0, 0.05) is 31.9 Å². The van der Waals surface area contributed by atoms with Gasteiger partial charge in [0.1, 0.15) is 5.82 Å². The third-order valence-electron chi connectivity index (χ3n) is 2.30. The number of amides is 1. The second kappa shape index (κ2) is 5.50. The van der Waals surface area contributed by atoms with Crippen molar-refractivity contribution in [3.05, 3.63) is 18.2 Å². The van der Waals surface area contributed by atoms with Crippen LogP contribution in [0.1, 0.15) is 12.7 Å². The summed E-state index contributed by atoms with van der Waals surface area (Å²) in [5.74, 6) is 0.891. The molecule has 5 nitrogen and oxygen atoms in total. The van der Waals surface area contributed by atoms with Gasteiger partial charge >= 0.3 is 0 Å². The first kappa shape index (κ1) is 11.7. The lowest BCUT2D eigenvalue weighted by atomic mass is 10.1. The molecule has 0 saturated carbocycles. The van der Waals surface area contributed by atoms with Gasteiger partial charge in [0.2, 0.25) is 5.91 Å². The zero-order chi connectivity index (χ0) is 11.3. The molecule has 0 aliphatic rings. The molecule has 1 unspecified atom stereocenters. The molecule has 15 heavy (non-hydrogen) atoms. The summed E-state index contributed by atoms with van der Waals surface area (Å²) < 4.78 is 1.89. The predicted octanol–water partition coefficient (Wildman–Crippen LogP) is -0.108.